The number of rotatable bonds is 6. The highest BCUT2D eigenvalue weighted by Gasteiger charge is 2.24. The van der Waals surface area contributed by atoms with Gasteiger partial charge in [0, 0.05) is 30.6 Å². The predicted molar refractivity (Wildman–Crippen MR) is 130 cm³/mol. The zero-order valence-corrected chi connectivity index (χ0v) is 19.4. The average Bonchev–Trinajstić information content (AvgIpc) is 3.44. The summed E-state index contributed by atoms with van der Waals surface area (Å²) in [5, 5.41) is 29.7. The first kappa shape index (κ1) is 21.6. The first-order chi connectivity index (χ1) is 16.0. The normalized spacial score (nSPS) is 19.4. The van der Waals surface area contributed by atoms with E-state index in [1.165, 1.54) is 0 Å². The molecule has 8 nitrogen and oxygen atoms in total. The second kappa shape index (κ2) is 8.96. The number of fused-ring (bicyclic) bond motifs is 1. The summed E-state index contributed by atoms with van der Waals surface area (Å²) in [6.07, 6.45) is 1.97. The van der Waals surface area contributed by atoms with Crippen LogP contribution in [-0.2, 0) is 13.0 Å². The van der Waals surface area contributed by atoms with Crippen LogP contribution in [0.15, 0.2) is 36.4 Å². The number of aromatic amines is 2. The summed E-state index contributed by atoms with van der Waals surface area (Å²) in [7, 11) is 0. The Hall–Kier alpha value is -3.23. The van der Waals surface area contributed by atoms with Crippen molar-refractivity contribution in [2.45, 2.75) is 52.2 Å². The summed E-state index contributed by atoms with van der Waals surface area (Å²) in [5.41, 5.74) is 5.00. The lowest BCUT2D eigenvalue weighted by Crippen LogP contribution is -2.54. The molecular weight excluding hydrogens is 414 g/mol. The second-order valence-electron chi connectivity index (χ2n) is 9.00. The molecule has 1 aliphatic heterocycles. The van der Waals surface area contributed by atoms with Gasteiger partial charge in [0.25, 0.3) is 0 Å². The van der Waals surface area contributed by atoms with Crippen LogP contribution in [0.4, 0.5) is 0 Å². The van der Waals surface area contributed by atoms with E-state index in [1.54, 1.807) is 6.07 Å². The summed E-state index contributed by atoms with van der Waals surface area (Å²) in [6.45, 7) is 9.31. The number of hydrogen-bond donors (Lipinski definition) is 4. The number of aromatic nitrogens is 5. The van der Waals surface area contributed by atoms with Crippen LogP contribution >= 0.6 is 0 Å². The number of nitrogens with one attached hydrogen (secondary N) is 3. The number of piperazine rings is 1. The van der Waals surface area contributed by atoms with Crippen LogP contribution in [0.2, 0.25) is 0 Å². The van der Waals surface area contributed by atoms with Crippen molar-refractivity contribution in [2.24, 2.45) is 0 Å². The highest BCUT2D eigenvalue weighted by atomic mass is 16.3. The fourth-order valence-electron chi connectivity index (χ4n) is 4.85. The lowest BCUT2D eigenvalue weighted by atomic mass is 9.97. The monoisotopic (exact) mass is 445 g/mol. The summed E-state index contributed by atoms with van der Waals surface area (Å²) >= 11 is 0. The Morgan fingerprint density at radius 3 is 2.76 bits per heavy atom. The molecule has 1 saturated heterocycles. The number of phenols is 1. The molecule has 2 aromatic carbocycles. The first-order valence-electron chi connectivity index (χ1n) is 11.7. The maximum Gasteiger partial charge on any atom is 0.202 e. The molecule has 1 fully saturated rings. The molecule has 4 N–H and O–H groups in total. The lowest BCUT2D eigenvalue weighted by molar-refractivity contribution is 0.154. The topological polar surface area (TPSA) is 106 Å². The van der Waals surface area contributed by atoms with Crippen LogP contribution in [0.25, 0.3) is 33.5 Å². The van der Waals surface area contributed by atoms with Crippen molar-refractivity contribution in [3.8, 4) is 28.4 Å². The van der Waals surface area contributed by atoms with E-state index in [-0.39, 0.29) is 0 Å². The van der Waals surface area contributed by atoms with E-state index in [2.05, 4.69) is 69.6 Å². The number of phenolic OH excluding ortho intramolecular Hbond substituents is 1. The number of H-pyrrole nitrogens is 2. The van der Waals surface area contributed by atoms with Gasteiger partial charge in [-0.25, -0.2) is 4.98 Å². The van der Waals surface area contributed by atoms with Crippen LogP contribution < -0.4 is 5.32 Å². The van der Waals surface area contributed by atoms with Gasteiger partial charge >= 0.3 is 0 Å². The zero-order valence-electron chi connectivity index (χ0n) is 19.4. The van der Waals surface area contributed by atoms with Gasteiger partial charge in [0.05, 0.1) is 12.1 Å². The summed E-state index contributed by atoms with van der Waals surface area (Å²) in [6, 6.07) is 12.8. The Kier molecular flexibility index (Phi) is 5.86. The number of benzene rings is 2. The third-order valence-electron chi connectivity index (χ3n) is 6.48. The summed E-state index contributed by atoms with van der Waals surface area (Å²) in [5.74, 6) is 1.76. The fraction of sp³-hybridized carbons (Fsp3) is 0.400. The summed E-state index contributed by atoms with van der Waals surface area (Å²) < 4.78 is 0. The molecule has 0 spiro atoms. The molecule has 0 saturated carbocycles. The Bertz CT molecular complexity index is 1260. The van der Waals surface area contributed by atoms with E-state index in [4.69, 9.17) is 4.98 Å². The molecule has 2 aromatic heterocycles. The number of nitrogens with zero attached hydrogens (tertiary/aromatic N) is 4. The Morgan fingerprint density at radius 2 is 1.94 bits per heavy atom. The standard InChI is InChI=1S/C25H31N7O/c1-4-16-10-19(33)7-9-20(16)17-6-8-21-22(11-17)28-30-24(21)25-27-23(29-31-25)14-32-12-15(3)26-18(5-2)13-32/h6-11,15,18,26,33H,4-5,12-14H2,1-3H3,(H,28,30)(H,27,29,31). The van der Waals surface area contributed by atoms with E-state index in [9.17, 15) is 5.11 Å². The Labute approximate surface area is 193 Å². The first-order valence-corrected chi connectivity index (χ1v) is 11.7. The van der Waals surface area contributed by atoms with E-state index in [0.717, 1.165) is 71.6 Å². The van der Waals surface area contributed by atoms with Gasteiger partial charge in [0.15, 0.2) is 0 Å². The molecule has 0 aliphatic carbocycles. The van der Waals surface area contributed by atoms with Crippen LogP contribution in [0, 0.1) is 0 Å². The molecule has 2 atom stereocenters. The van der Waals surface area contributed by atoms with Gasteiger partial charge in [-0.3, -0.25) is 15.1 Å². The average molecular weight is 446 g/mol. The SMILES string of the molecule is CCc1cc(O)ccc1-c1ccc2c(-c3n[nH]c(CN4CC(C)NC(CC)C4)n3)n[nH]c2c1. The molecule has 5 rings (SSSR count). The van der Waals surface area contributed by atoms with Crippen molar-refractivity contribution < 1.29 is 5.11 Å². The molecule has 3 heterocycles. The Morgan fingerprint density at radius 1 is 1.06 bits per heavy atom. The van der Waals surface area contributed by atoms with Gasteiger partial charge in [0.1, 0.15) is 17.3 Å². The van der Waals surface area contributed by atoms with Gasteiger partial charge in [-0.2, -0.15) is 10.2 Å². The van der Waals surface area contributed by atoms with Crippen molar-refractivity contribution in [2.75, 3.05) is 13.1 Å². The molecule has 4 aromatic rings. The maximum absolute atomic E-state index is 9.82. The molecule has 2 unspecified atom stereocenters. The lowest BCUT2D eigenvalue weighted by Gasteiger charge is -2.36. The van der Waals surface area contributed by atoms with E-state index in [0.29, 0.717) is 23.7 Å². The van der Waals surface area contributed by atoms with Crippen molar-refractivity contribution in [1.29, 1.82) is 0 Å². The maximum atomic E-state index is 9.82. The van der Waals surface area contributed by atoms with Crippen molar-refractivity contribution in [3.05, 3.63) is 47.8 Å². The zero-order chi connectivity index (χ0) is 22.9. The highest BCUT2D eigenvalue weighted by Crippen LogP contribution is 2.32. The molecular formula is C25H31N7O. The minimum atomic E-state index is 0.293. The van der Waals surface area contributed by atoms with Crippen LogP contribution in [0.3, 0.4) is 0 Å². The third kappa shape index (κ3) is 4.36. The van der Waals surface area contributed by atoms with Crippen molar-refractivity contribution in [1.82, 2.24) is 35.6 Å². The Balaban J connectivity index is 1.39. The van der Waals surface area contributed by atoms with Crippen LogP contribution in [-0.4, -0.2) is 60.6 Å². The van der Waals surface area contributed by atoms with Gasteiger partial charge in [-0.1, -0.05) is 26.0 Å². The number of hydrogen-bond acceptors (Lipinski definition) is 6. The van der Waals surface area contributed by atoms with Gasteiger partial charge < -0.3 is 10.4 Å². The molecule has 8 heteroatoms. The van der Waals surface area contributed by atoms with Gasteiger partial charge in [-0.05, 0) is 60.7 Å². The summed E-state index contributed by atoms with van der Waals surface area (Å²) in [4.78, 5) is 7.18. The number of aromatic hydroxyl groups is 1. The molecule has 172 valence electrons. The predicted octanol–water partition coefficient (Wildman–Crippen LogP) is 3.86. The highest BCUT2D eigenvalue weighted by molar-refractivity contribution is 5.94. The number of aryl methyl sites for hydroxylation is 1. The smallest absolute Gasteiger partial charge is 0.202 e. The fourth-order valence-corrected chi connectivity index (χ4v) is 4.85. The van der Waals surface area contributed by atoms with E-state index in [1.807, 2.05) is 12.1 Å². The van der Waals surface area contributed by atoms with E-state index >= 15 is 0 Å². The van der Waals surface area contributed by atoms with Gasteiger partial charge in [-0.15, -0.1) is 0 Å². The molecule has 33 heavy (non-hydrogen) atoms. The second-order valence-corrected chi connectivity index (χ2v) is 9.00. The van der Waals surface area contributed by atoms with Crippen molar-refractivity contribution in [3.63, 3.8) is 0 Å². The molecule has 0 radical (unpaired) electrons. The molecule has 1 aliphatic rings. The molecule has 0 amide bonds. The minimum absolute atomic E-state index is 0.293. The van der Waals surface area contributed by atoms with Crippen LogP contribution in [0.5, 0.6) is 5.75 Å². The minimum Gasteiger partial charge on any atom is -0.508 e. The van der Waals surface area contributed by atoms with Crippen molar-refractivity contribution >= 4 is 10.9 Å². The quantitative estimate of drug-likeness (QED) is 0.359. The van der Waals surface area contributed by atoms with E-state index < -0.39 is 0 Å². The third-order valence-corrected chi connectivity index (χ3v) is 6.48. The molecule has 0 bridgehead atoms. The largest absolute Gasteiger partial charge is 0.508 e. The van der Waals surface area contributed by atoms with Gasteiger partial charge in [0.2, 0.25) is 5.82 Å². The van der Waals surface area contributed by atoms with Crippen LogP contribution in [0.1, 0.15) is 38.6 Å².